The molecule has 78 valence electrons. The van der Waals surface area contributed by atoms with Crippen LogP contribution in [0.4, 0.5) is 5.69 Å². The molecule has 2 nitrogen and oxygen atoms in total. The number of hydrogen-bond acceptors (Lipinski definition) is 2. The number of halogens is 1. The van der Waals surface area contributed by atoms with Crippen LogP contribution in [0.5, 0.6) is 5.75 Å². The molecule has 0 fully saturated rings. The van der Waals surface area contributed by atoms with Crippen LogP contribution in [0.15, 0.2) is 18.2 Å². The molecular formula is C11H16INO. The van der Waals surface area contributed by atoms with Crippen LogP contribution in [0.3, 0.4) is 0 Å². The third kappa shape index (κ3) is 2.53. The molecule has 3 heteroatoms. The highest BCUT2D eigenvalue weighted by molar-refractivity contribution is 14.1. The number of hydrogen-bond donors (Lipinski definition) is 0. The molecule has 0 bridgehead atoms. The van der Waals surface area contributed by atoms with Crippen molar-refractivity contribution in [2.75, 3.05) is 25.1 Å². The van der Waals surface area contributed by atoms with Crippen molar-refractivity contribution in [2.45, 2.75) is 13.8 Å². The Labute approximate surface area is 99.4 Å². The molecular weight excluding hydrogens is 289 g/mol. The lowest BCUT2D eigenvalue weighted by atomic mass is 10.2. The van der Waals surface area contributed by atoms with Crippen LogP contribution in [0.1, 0.15) is 13.8 Å². The van der Waals surface area contributed by atoms with Gasteiger partial charge in [0.25, 0.3) is 0 Å². The summed E-state index contributed by atoms with van der Waals surface area (Å²) in [6.07, 6.45) is 0. The summed E-state index contributed by atoms with van der Waals surface area (Å²) in [7, 11) is 1.72. The first kappa shape index (κ1) is 11.6. The summed E-state index contributed by atoms with van der Waals surface area (Å²) >= 11 is 2.32. The topological polar surface area (TPSA) is 12.5 Å². The third-order valence-corrected chi connectivity index (χ3v) is 2.92. The molecule has 1 aromatic rings. The Bertz CT molecular complexity index is 297. The lowest BCUT2D eigenvalue weighted by molar-refractivity contribution is 0.414. The zero-order valence-corrected chi connectivity index (χ0v) is 11.0. The van der Waals surface area contributed by atoms with E-state index in [2.05, 4.69) is 53.5 Å². The molecule has 0 radical (unpaired) electrons. The summed E-state index contributed by atoms with van der Waals surface area (Å²) in [6, 6.07) is 6.24. The van der Waals surface area contributed by atoms with Gasteiger partial charge < -0.3 is 9.64 Å². The molecule has 0 aromatic heterocycles. The Morgan fingerprint density at radius 3 is 2.43 bits per heavy atom. The average molecular weight is 305 g/mol. The molecule has 0 saturated heterocycles. The van der Waals surface area contributed by atoms with Crippen LogP contribution >= 0.6 is 22.6 Å². The quantitative estimate of drug-likeness (QED) is 0.792. The number of nitrogens with zero attached hydrogens (tertiary/aromatic N) is 1. The lowest BCUT2D eigenvalue weighted by Gasteiger charge is -2.23. The van der Waals surface area contributed by atoms with Gasteiger partial charge in [-0.05, 0) is 54.6 Å². The lowest BCUT2D eigenvalue weighted by Crippen LogP contribution is -2.22. The van der Waals surface area contributed by atoms with Crippen molar-refractivity contribution in [3.63, 3.8) is 0 Å². The smallest absolute Gasteiger partial charge is 0.142 e. The van der Waals surface area contributed by atoms with E-state index in [1.165, 1.54) is 9.26 Å². The molecule has 0 atom stereocenters. The van der Waals surface area contributed by atoms with E-state index in [0.717, 1.165) is 18.8 Å². The van der Waals surface area contributed by atoms with Crippen molar-refractivity contribution < 1.29 is 4.74 Å². The second-order valence-electron chi connectivity index (χ2n) is 2.99. The summed E-state index contributed by atoms with van der Waals surface area (Å²) in [5.74, 6) is 0.953. The first-order chi connectivity index (χ1) is 6.72. The second-order valence-corrected chi connectivity index (χ2v) is 4.23. The summed E-state index contributed by atoms with van der Waals surface area (Å²) < 4.78 is 6.58. The largest absolute Gasteiger partial charge is 0.495 e. The van der Waals surface area contributed by atoms with Crippen molar-refractivity contribution in [2.24, 2.45) is 0 Å². The molecule has 14 heavy (non-hydrogen) atoms. The normalized spacial score (nSPS) is 10.0. The van der Waals surface area contributed by atoms with Crippen molar-refractivity contribution in [1.82, 2.24) is 0 Å². The fraction of sp³-hybridized carbons (Fsp3) is 0.455. The minimum absolute atomic E-state index is 0.953. The van der Waals surface area contributed by atoms with Crippen LogP contribution in [0.2, 0.25) is 0 Å². The Morgan fingerprint density at radius 2 is 1.93 bits per heavy atom. The number of methoxy groups -OCH3 is 1. The molecule has 0 saturated carbocycles. The van der Waals surface area contributed by atoms with E-state index in [1.807, 2.05) is 6.07 Å². The number of anilines is 1. The number of ether oxygens (including phenoxy) is 1. The highest BCUT2D eigenvalue weighted by Gasteiger charge is 2.08. The van der Waals surface area contributed by atoms with E-state index in [9.17, 15) is 0 Å². The highest BCUT2D eigenvalue weighted by atomic mass is 127. The fourth-order valence-corrected chi connectivity index (χ4v) is 1.95. The van der Waals surface area contributed by atoms with Gasteiger partial charge in [-0.3, -0.25) is 0 Å². The van der Waals surface area contributed by atoms with E-state index in [4.69, 9.17) is 4.74 Å². The molecule has 0 spiro atoms. The summed E-state index contributed by atoms with van der Waals surface area (Å²) in [6.45, 7) is 6.32. The Morgan fingerprint density at radius 1 is 1.29 bits per heavy atom. The fourth-order valence-electron chi connectivity index (χ4n) is 1.47. The van der Waals surface area contributed by atoms with Gasteiger partial charge in [0.2, 0.25) is 0 Å². The van der Waals surface area contributed by atoms with Crippen molar-refractivity contribution in [3.05, 3.63) is 21.8 Å². The summed E-state index contributed by atoms with van der Waals surface area (Å²) in [5.41, 5.74) is 1.18. The summed E-state index contributed by atoms with van der Waals surface area (Å²) in [4.78, 5) is 2.29. The maximum Gasteiger partial charge on any atom is 0.142 e. The first-order valence-corrected chi connectivity index (χ1v) is 5.89. The molecule has 1 rings (SSSR count). The van der Waals surface area contributed by atoms with E-state index < -0.39 is 0 Å². The average Bonchev–Trinajstić information content (AvgIpc) is 2.20. The Hall–Kier alpha value is -0.450. The van der Waals surface area contributed by atoms with E-state index >= 15 is 0 Å². The molecule has 1 aromatic carbocycles. The van der Waals surface area contributed by atoms with E-state index in [-0.39, 0.29) is 0 Å². The van der Waals surface area contributed by atoms with Gasteiger partial charge in [0.15, 0.2) is 0 Å². The Kier molecular flexibility index (Phi) is 4.51. The minimum atomic E-state index is 0.953. The van der Waals surface area contributed by atoms with Gasteiger partial charge in [-0.2, -0.15) is 0 Å². The molecule has 0 unspecified atom stereocenters. The summed E-state index contributed by atoms with van der Waals surface area (Å²) in [5, 5.41) is 0. The maximum atomic E-state index is 5.34. The minimum Gasteiger partial charge on any atom is -0.495 e. The molecule has 0 heterocycles. The van der Waals surface area contributed by atoms with Gasteiger partial charge in [0.1, 0.15) is 5.75 Å². The highest BCUT2D eigenvalue weighted by Crippen LogP contribution is 2.29. The molecule has 0 aliphatic rings. The third-order valence-electron chi connectivity index (χ3n) is 2.25. The Balaban J connectivity index is 3.08. The van der Waals surface area contributed by atoms with Crippen molar-refractivity contribution in [3.8, 4) is 5.75 Å². The predicted molar refractivity (Wildman–Crippen MR) is 69.3 cm³/mol. The number of rotatable bonds is 4. The van der Waals surface area contributed by atoms with Crippen LogP contribution in [-0.2, 0) is 0 Å². The van der Waals surface area contributed by atoms with Gasteiger partial charge >= 0.3 is 0 Å². The number of benzene rings is 1. The van der Waals surface area contributed by atoms with Gasteiger partial charge in [0, 0.05) is 16.7 Å². The van der Waals surface area contributed by atoms with Gasteiger partial charge in [0.05, 0.1) is 12.8 Å². The van der Waals surface area contributed by atoms with Crippen molar-refractivity contribution >= 4 is 28.3 Å². The molecule has 0 amide bonds. The second kappa shape index (κ2) is 5.44. The van der Waals surface area contributed by atoms with Crippen LogP contribution in [-0.4, -0.2) is 20.2 Å². The van der Waals surface area contributed by atoms with Gasteiger partial charge in [-0.15, -0.1) is 0 Å². The standard InChI is InChI=1S/C11H16INO/c1-4-13(5-2)10-8-9(12)6-7-11(10)14-3/h6-8H,4-5H2,1-3H3. The zero-order valence-electron chi connectivity index (χ0n) is 8.88. The van der Waals surface area contributed by atoms with Crippen LogP contribution < -0.4 is 9.64 Å². The van der Waals surface area contributed by atoms with E-state index in [0.29, 0.717) is 0 Å². The van der Waals surface area contributed by atoms with Gasteiger partial charge in [-0.25, -0.2) is 0 Å². The SMILES string of the molecule is CCN(CC)c1cc(I)ccc1OC. The molecule has 0 aliphatic heterocycles. The first-order valence-electron chi connectivity index (χ1n) is 4.81. The van der Waals surface area contributed by atoms with Gasteiger partial charge in [-0.1, -0.05) is 0 Å². The predicted octanol–water partition coefficient (Wildman–Crippen LogP) is 3.15. The molecule has 0 aliphatic carbocycles. The molecule has 0 N–H and O–H groups in total. The zero-order chi connectivity index (χ0) is 10.6. The van der Waals surface area contributed by atoms with Crippen LogP contribution in [0.25, 0.3) is 0 Å². The monoisotopic (exact) mass is 305 g/mol. The van der Waals surface area contributed by atoms with Crippen molar-refractivity contribution in [1.29, 1.82) is 0 Å². The van der Waals surface area contributed by atoms with Crippen LogP contribution in [0, 0.1) is 3.57 Å². The maximum absolute atomic E-state index is 5.34. The van der Waals surface area contributed by atoms with E-state index in [1.54, 1.807) is 7.11 Å².